The number of hydrogen-bond acceptors (Lipinski definition) is 4. The largest absolute Gasteiger partial charge is 0.387 e. The van der Waals surface area contributed by atoms with Gasteiger partial charge in [0.2, 0.25) is 0 Å². The summed E-state index contributed by atoms with van der Waals surface area (Å²) in [7, 11) is 1.71. The molecule has 3 N–H and O–H groups in total. The van der Waals surface area contributed by atoms with Crippen LogP contribution in [0.15, 0.2) is 35.1 Å². The van der Waals surface area contributed by atoms with Crippen molar-refractivity contribution >= 4 is 29.0 Å². The van der Waals surface area contributed by atoms with Gasteiger partial charge in [0, 0.05) is 23.8 Å². The summed E-state index contributed by atoms with van der Waals surface area (Å²) in [4.78, 5) is 23.0. The van der Waals surface area contributed by atoms with E-state index in [1.54, 1.807) is 25.2 Å². The molecule has 1 heterocycles. The maximum absolute atomic E-state index is 12.1. The smallest absolute Gasteiger partial charge is 0.264 e. The van der Waals surface area contributed by atoms with Crippen LogP contribution in [-0.2, 0) is 0 Å². The Morgan fingerprint density at radius 1 is 1.32 bits per heavy atom. The van der Waals surface area contributed by atoms with Crippen LogP contribution in [0.25, 0.3) is 0 Å². The first kappa shape index (κ1) is 13.1. The molecule has 0 radical (unpaired) electrons. The topological polar surface area (TPSA) is 86.9 Å². The van der Waals surface area contributed by atoms with Crippen molar-refractivity contribution in [3.63, 3.8) is 0 Å². The van der Waals surface area contributed by atoms with Gasteiger partial charge in [0.15, 0.2) is 5.82 Å². The Kier molecular flexibility index (Phi) is 3.82. The molecule has 0 unspecified atom stereocenters. The van der Waals surface area contributed by atoms with Gasteiger partial charge in [-0.3, -0.25) is 9.59 Å². The summed E-state index contributed by atoms with van der Waals surface area (Å²) < 4.78 is 0. The van der Waals surface area contributed by atoms with E-state index < -0.39 is 0 Å². The molecule has 0 aliphatic heterocycles. The number of amides is 1. The van der Waals surface area contributed by atoms with Gasteiger partial charge in [0.1, 0.15) is 0 Å². The number of benzene rings is 1. The highest BCUT2D eigenvalue weighted by molar-refractivity contribution is 6.31. The van der Waals surface area contributed by atoms with Gasteiger partial charge in [-0.05, 0) is 24.3 Å². The third-order valence-electron chi connectivity index (χ3n) is 2.42. The van der Waals surface area contributed by atoms with Crippen LogP contribution in [0, 0.1) is 0 Å². The van der Waals surface area contributed by atoms with Gasteiger partial charge in [-0.1, -0.05) is 11.6 Å². The molecule has 6 nitrogen and oxygen atoms in total. The number of H-pyrrole nitrogens is 1. The fraction of sp³-hybridized carbons (Fsp3) is 0.0833. The van der Waals surface area contributed by atoms with E-state index >= 15 is 0 Å². The zero-order valence-electron chi connectivity index (χ0n) is 10.0. The van der Waals surface area contributed by atoms with Crippen LogP contribution in [-0.4, -0.2) is 23.2 Å². The maximum Gasteiger partial charge on any atom is 0.264 e. The lowest BCUT2D eigenvalue weighted by atomic mass is 10.1. The normalized spacial score (nSPS) is 10.0. The molecule has 0 fully saturated rings. The van der Waals surface area contributed by atoms with Gasteiger partial charge in [-0.15, -0.1) is 0 Å². The Morgan fingerprint density at radius 3 is 2.74 bits per heavy atom. The molecule has 7 heteroatoms. The number of carbonyl (C=O) groups excluding carboxylic acids is 1. The van der Waals surface area contributed by atoms with E-state index in [0.29, 0.717) is 16.3 Å². The summed E-state index contributed by atoms with van der Waals surface area (Å²) in [5, 5.41) is 11.9. The third-order valence-corrected chi connectivity index (χ3v) is 2.65. The van der Waals surface area contributed by atoms with E-state index in [1.807, 2.05) is 0 Å². The van der Waals surface area contributed by atoms with Crippen LogP contribution in [0.3, 0.4) is 0 Å². The van der Waals surface area contributed by atoms with Crippen LogP contribution in [0.1, 0.15) is 10.4 Å². The zero-order chi connectivity index (χ0) is 13.8. The van der Waals surface area contributed by atoms with Crippen molar-refractivity contribution in [2.75, 3.05) is 17.7 Å². The predicted molar refractivity (Wildman–Crippen MR) is 73.8 cm³/mol. The molecular weight excluding hydrogens is 268 g/mol. The molecule has 0 atom stereocenters. The van der Waals surface area contributed by atoms with Crippen molar-refractivity contribution in [2.45, 2.75) is 0 Å². The van der Waals surface area contributed by atoms with E-state index in [1.165, 1.54) is 12.1 Å². The van der Waals surface area contributed by atoms with Crippen LogP contribution in [0.4, 0.5) is 11.5 Å². The van der Waals surface area contributed by atoms with Crippen molar-refractivity contribution in [1.82, 2.24) is 10.2 Å². The van der Waals surface area contributed by atoms with Gasteiger partial charge in [0.05, 0.1) is 5.56 Å². The van der Waals surface area contributed by atoms with Crippen molar-refractivity contribution in [3.05, 3.63) is 51.3 Å². The standard InChI is InChI=1S/C12H11ClN4O2/c1-14-9-3-2-7(13)6-8(9)12(19)15-10-4-5-11(18)17-16-10/h2-6,14H,1H3,(H,17,18)(H,15,16,19). The molecule has 1 amide bonds. The second kappa shape index (κ2) is 5.53. The first-order chi connectivity index (χ1) is 9.10. The molecule has 98 valence electrons. The molecule has 1 aromatic carbocycles. The van der Waals surface area contributed by atoms with Gasteiger partial charge in [0.25, 0.3) is 11.5 Å². The number of rotatable bonds is 3. The molecule has 2 aromatic rings. The number of halogens is 1. The third kappa shape index (κ3) is 3.11. The lowest BCUT2D eigenvalue weighted by Gasteiger charge is -2.09. The Labute approximate surface area is 113 Å². The minimum absolute atomic E-state index is 0.256. The first-order valence-electron chi connectivity index (χ1n) is 5.44. The lowest BCUT2D eigenvalue weighted by Crippen LogP contribution is -2.17. The highest BCUT2D eigenvalue weighted by Gasteiger charge is 2.12. The van der Waals surface area contributed by atoms with Crippen LogP contribution in [0.5, 0.6) is 0 Å². The minimum atomic E-state index is -0.369. The van der Waals surface area contributed by atoms with Crippen molar-refractivity contribution in [2.24, 2.45) is 0 Å². The lowest BCUT2D eigenvalue weighted by molar-refractivity contribution is 0.102. The molecule has 2 rings (SSSR count). The monoisotopic (exact) mass is 278 g/mol. The predicted octanol–water partition coefficient (Wildman–Crippen LogP) is 1.72. The van der Waals surface area contributed by atoms with Crippen LogP contribution >= 0.6 is 11.6 Å². The molecule has 0 bridgehead atoms. The average Bonchev–Trinajstić information content (AvgIpc) is 2.41. The molecule has 0 saturated heterocycles. The summed E-state index contributed by atoms with van der Waals surface area (Å²) in [5.74, 6) is -0.113. The minimum Gasteiger partial charge on any atom is -0.387 e. The highest BCUT2D eigenvalue weighted by Crippen LogP contribution is 2.21. The quantitative estimate of drug-likeness (QED) is 0.798. The summed E-state index contributed by atoms with van der Waals surface area (Å²) in [6.07, 6.45) is 0. The SMILES string of the molecule is CNc1ccc(Cl)cc1C(=O)Nc1ccc(=O)[nH]n1. The number of nitrogens with one attached hydrogen (secondary N) is 3. The summed E-state index contributed by atoms with van der Waals surface area (Å²) in [5.41, 5.74) is 0.700. The molecule has 0 aliphatic rings. The summed E-state index contributed by atoms with van der Waals surface area (Å²) in [6, 6.07) is 7.63. The second-order valence-corrected chi connectivity index (χ2v) is 4.14. The van der Waals surface area contributed by atoms with Crippen molar-refractivity contribution < 1.29 is 4.79 Å². The molecule has 1 aromatic heterocycles. The number of aromatic amines is 1. The Morgan fingerprint density at radius 2 is 2.11 bits per heavy atom. The van der Waals surface area contributed by atoms with E-state index in [0.717, 1.165) is 0 Å². The Balaban J connectivity index is 2.27. The van der Waals surface area contributed by atoms with E-state index in [2.05, 4.69) is 20.8 Å². The summed E-state index contributed by atoms with van der Waals surface area (Å²) >= 11 is 5.87. The number of aromatic nitrogens is 2. The van der Waals surface area contributed by atoms with E-state index in [9.17, 15) is 9.59 Å². The van der Waals surface area contributed by atoms with Crippen molar-refractivity contribution in [1.29, 1.82) is 0 Å². The molecular formula is C12H11ClN4O2. The molecule has 19 heavy (non-hydrogen) atoms. The Bertz CT molecular complexity index is 649. The fourth-order valence-electron chi connectivity index (χ4n) is 1.52. The van der Waals surface area contributed by atoms with Crippen molar-refractivity contribution in [3.8, 4) is 0 Å². The number of nitrogens with zero attached hydrogens (tertiary/aromatic N) is 1. The Hall–Kier alpha value is -2.34. The first-order valence-corrected chi connectivity index (χ1v) is 5.82. The van der Waals surface area contributed by atoms with E-state index in [-0.39, 0.29) is 17.3 Å². The maximum atomic E-state index is 12.1. The number of carbonyl (C=O) groups is 1. The van der Waals surface area contributed by atoms with E-state index in [4.69, 9.17) is 11.6 Å². The highest BCUT2D eigenvalue weighted by atomic mass is 35.5. The number of hydrogen-bond donors (Lipinski definition) is 3. The average molecular weight is 279 g/mol. The zero-order valence-corrected chi connectivity index (χ0v) is 10.8. The van der Waals surface area contributed by atoms with Gasteiger partial charge in [-0.25, -0.2) is 5.10 Å². The van der Waals surface area contributed by atoms with Gasteiger partial charge in [-0.2, -0.15) is 5.10 Å². The van der Waals surface area contributed by atoms with Gasteiger partial charge < -0.3 is 10.6 Å². The number of anilines is 2. The summed E-state index contributed by atoms with van der Waals surface area (Å²) in [6.45, 7) is 0. The molecule has 0 aliphatic carbocycles. The second-order valence-electron chi connectivity index (χ2n) is 3.70. The van der Waals surface area contributed by atoms with Crippen LogP contribution in [0.2, 0.25) is 5.02 Å². The van der Waals surface area contributed by atoms with Gasteiger partial charge >= 0.3 is 0 Å². The molecule has 0 spiro atoms. The van der Waals surface area contributed by atoms with Crippen LogP contribution < -0.4 is 16.2 Å². The molecule has 0 saturated carbocycles. The fourth-order valence-corrected chi connectivity index (χ4v) is 1.69.